The van der Waals surface area contributed by atoms with Crippen molar-refractivity contribution in [3.05, 3.63) is 268 Å². The van der Waals surface area contributed by atoms with Crippen LogP contribution in [0.4, 0.5) is 33.5 Å². The molecule has 142 heavy (non-hydrogen) atoms. The van der Waals surface area contributed by atoms with Gasteiger partial charge in [-0.05, 0) is 291 Å². The molecule has 0 unspecified atom stereocenters. The number of hydrogen-bond acceptors (Lipinski definition) is 25. The van der Waals surface area contributed by atoms with Gasteiger partial charge in [0, 0.05) is 147 Å². The van der Waals surface area contributed by atoms with Gasteiger partial charge in [-0.2, -0.15) is 25.5 Å². The van der Waals surface area contributed by atoms with E-state index in [1.807, 2.05) is 138 Å². The van der Waals surface area contributed by atoms with E-state index in [2.05, 4.69) is 125 Å². The van der Waals surface area contributed by atoms with Gasteiger partial charge < -0.3 is 51.1 Å². The summed E-state index contributed by atoms with van der Waals surface area (Å²) in [6.07, 6.45) is 50.6. The van der Waals surface area contributed by atoms with Gasteiger partial charge in [-0.3, -0.25) is 48.9 Å². The Labute approximate surface area is 822 Å². The molecule has 0 aromatic carbocycles. The maximum absolute atomic E-state index is 14.2. The molecule has 0 aliphatic carbocycles. The molecule has 10 aliphatic rings. The van der Waals surface area contributed by atoms with Crippen LogP contribution in [0.15, 0.2) is 178 Å². The van der Waals surface area contributed by atoms with Crippen molar-refractivity contribution < 1.29 is 28.4 Å². The number of aryl methyl sites for hydroxylation is 5. The number of halogens is 1. The zero-order chi connectivity index (χ0) is 97.3. The zero-order valence-corrected chi connectivity index (χ0v) is 81.3. The molecule has 0 saturated carbocycles. The molecule has 25 rings (SSSR count). The van der Waals surface area contributed by atoms with Gasteiger partial charge in [-0.15, -0.1) is 0 Å². The zero-order valence-electron chi connectivity index (χ0n) is 81.3. The van der Waals surface area contributed by atoms with Crippen LogP contribution >= 0.6 is 0 Å². The average molecular weight is 1910 g/mol. The minimum absolute atomic E-state index is 0.0225. The Hall–Kier alpha value is -14.9. The molecular weight excluding hydrogens is 1790 g/mol. The molecule has 5 amide bonds. The first-order chi connectivity index (χ1) is 69.1. The number of carbonyl (C=O) groups is 5. The Morgan fingerprint density at radius 2 is 0.606 bits per heavy atom. The first kappa shape index (κ1) is 93.4. The smallest absolute Gasteiger partial charge is 0.257 e. The Kier molecular flexibility index (Phi) is 26.6. The van der Waals surface area contributed by atoms with E-state index >= 15 is 0 Å². The Balaban J connectivity index is 0.000000105. The van der Waals surface area contributed by atoms with Gasteiger partial charge >= 0.3 is 0 Å². The highest BCUT2D eigenvalue weighted by molar-refractivity contribution is 6.03. The number of pyridine rings is 5. The Morgan fingerprint density at radius 3 is 0.937 bits per heavy atom. The number of nitrogens with one attached hydrogen (secondary N) is 5. The first-order valence-electron chi connectivity index (χ1n) is 50.6. The lowest BCUT2D eigenvalue weighted by Gasteiger charge is -2.29. The number of rotatable bonds is 0. The number of hydrogen-bond donors (Lipinski definition) is 5. The van der Waals surface area contributed by atoms with Crippen LogP contribution in [0, 0.1) is 5.82 Å². The Morgan fingerprint density at radius 1 is 0.317 bits per heavy atom. The fraction of sp³-hybridized carbons (Fsp3) is 0.434. The van der Waals surface area contributed by atoms with Gasteiger partial charge in [-0.1, -0.05) is 24.3 Å². The van der Waals surface area contributed by atoms with Gasteiger partial charge in [0.05, 0.1) is 67.4 Å². The Bertz CT molecular complexity index is 7040. The molecule has 732 valence electrons. The van der Waals surface area contributed by atoms with Crippen LogP contribution in [0.25, 0.3) is 28.2 Å². The van der Waals surface area contributed by atoms with Crippen LogP contribution in [0.3, 0.4) is 0 Å². The number of nitrogens with zero attached hydrogens (tertiary/aromatic N) is 25. The predicted molar refractivity (Wildman–Crippen MR) is 537 cm³/mol. The fourth-order valence-electron chi connectivity index (χ4n) is 22.4. The third-order valence-electron chi connectivity index (χ3n) is 29.5. The standard InChI is InChI=1S/C22H25FN6O.C22H26N6O.2C21H24N6O.C20H22N6O/c1-22(2)8-3-5-17-15(11-14(23)12-24-17)18-6-4-9-28(18)19-7-10-29-20(26-19)16(13-25-29)21(30)27-22;1-22(2)10-3-7-17-15(6-4-11-23-17)18-8-5-12-27(18)19-9-13-28-20(25-19)16(14-24-28)21(29)26-22;2*1-14-5-2-7-17-15(6-3-10-22-17)18-8-4-11-26(18)19-9-12-27-20(25-19)16(13-23-27)21(28)24-14;27-20-15-13-23-26-12-8-18(24-19(15)26)25-11-4-7-17(25)14-5-3-10-21-16(14)6-1-2-9-22-20/h7,10-13,18H,3-6,8-9H2,1-2H3,(H,27,30);4,6,9,11,13-14,18H,3,5,7-8,10,12H2,1-2H3,(H,26,29);2*3,6,9-10,12-14,18H,2,4-5,7-8,11H2,1H3,(H,24,28);3,5,8,10,12-13,17H,1-2,4,6-7,9,11H2,(H,22,27)/t2*18-;14-,18+;14-,18-;17-/m11011/s1. The van der Waals surface area contributed by atoms with E-state index in [-0.39, 0.29) is 83.2 Å². The number of fused-ring (bicyclic) bond motifs is 25. The summed E-state index contributed by atoms with van der Waals surface area (Å²) in [7, 11) is 0. The maximum Gasteiger partial charge on any atom is 0.257 e. The summed E-state index contributed by atoms with van der Waals surface area (Å²) in [6, 6.07) is 29.8. The van der Waals surface area contributed by atoms with Crippen LogP contribution in [0.5, 0.6) is 0 Å². The lowest BCUT2D eigenvalue weighted by atomic mass is 9.93. The third kappa shape index (κ3) is 19.5. The molecule has 35 nitrogen and oxygen atoms in total. The van der Waals surface area contributed by atoms with E-state index < -0.39 is 5.54 Å². The quantitative estimate of drug-likeness (QED) is 0.0941. The molecule has 0 spiro atoms. The predicted octanol–water partition coefficient (Wildman–Crippen LogP) is 15.1. The topological polar surface area (TPSA) is 377 Å². The highest BCUT2D eigenvalue weighted by Crippen LogP contribution is 2.44. The van der Waals surface area contributed by atoms with Crippen LogP contribution in [0.2, 0.25) is 0 Å². The minimum Gasteiger partial charge on any atom is -0.352 e. The van der Waals surface area contributed by atoms with Crippen molar-refractivity contribution in [1.29, 1.82) is 0 Å². The summed E-state index contributed by atoms with van der Waals surface area (Å²) in [6.45, 7) is 17.5. The van der Waals surface area contributed by atoms with Crippen molar-refractivity contribution in [2.45, 2.75) is 255 Å². The van der Waals surface area contributed by atoms with Crippen molar-refractivity contribution in [3.63, 3.8) is 0 Å². The normalized spacial score (nSPS) is 21.6. The average Bonchev–Trinajstić information content (AvgIpc) is 1.62. The largest absolute Gasteiger partial charge is 0.352 e. The van der Waals surface area contributed by atoms with E-state index in [4.69, 9.17) is 39.9 Å². The molecular formula is C106H121FN30O5. The van der Waals surface area contributed by atoms with E-state index in [1.54, 1.807) is 59.6 Å². The molecule has 15 aromatic rings. The van der Waals surface area contributed by atoms with E-state index in [0.29, 0.717) is 62.6 Å². The molecule has 5 N–H and O–H groups in total. The summed E-state index contributed by atoms with van der Waals surface area (Å²) >= 11 is 0. The summed E-state index contributed by atoms with van der Waals surface area (Å²) < 4.78 is 22.5. The van der Waals surface area contributed by atoms with Gasteiger partial charge in [0.2, 0.25) is 0 Å². The summed E-state index contributed by atoms with van der Waals surface area (Å²) in [5.41, 5.74) is 16.6. The maximum atomic E-state index is 14.2. The van der Waals surface area contributed by atoms with Crippen LogP contribution in [0.1, 0.15) is 308 Å². The van der Waals surface area contributed by atoms with Gasteiger partial charge in [-0.25, -0.2) is 51.9 Å². The molecule has 36 heteroatoms. The second-order valence-corrected chi connectivity index (χ2v) is 40.3. The minimum atomic E-state index is -0.396. The van der Waals surface area contributed by atoms with Crippen LogP contribution < -0.4 is 51.1 Å². The molecule has 5 saturated heterocycles. The molecule has 10 bridgehead atoms. The number of amides is 5. The van der Waals surface area contributed by atoms with E-state index in [1.165, 1.54) is 45.5 Å². The third-order valence-corrected chi connectivity index (χ3v) is 29.5. The second-order valence-electron chi connectivity index (χ2n) is 40.3. The number of aromatic nitrogens is 20. The molecule has 15 aromatic heterocycles. The fourth-order valence-corrected chi connectivity index (χ4v) is 22.4. The molecule has 0 radical (unpaired) electrons. The lowest BCUT2D eigenvalue weighted by Crippen LogP contribution is -2.43. The van der Waals surface area contributed by atoms with Crippen molar-refractivity contribution >= 4 is 86.9 Å². The first-order valence-corrected chi connectivity index (χ1v) is 50.6. The van der Waals surface area contributed by atoms with Crippen LogP contribution in [-0.2, 0) is 32.1 Å². The molecule has 5 fully saturated rings. The van der Waals surface area contributed by atoms with Crippen molar-refractivity contribution in [1.82, 2.24) is 124 Å². The summed E-state index contributed by atoms with van der Waals surface area (Å²) in [4.78, 5) is 123. The molecule has 10 aliphatic heterocycles. The summed E-state index contributed by atoms with van der Waals surface area (Å²) in [5, 5.41) is 37.0. The van der Waals surface area contributed by atoms with E-state index in [9.17, 15) is 28.4 Å². The number of carbonyl (C=O) groups excluding carboxylic acids is 5. The van der Waals surface area contributed by atoms with Crippen LogP contribution in [-0.4, -0.2) is 190 Å². The van der Waals surface area contributed by atoms with Crippen molar-refractivity contribution in [3.8, 4) is 0 Å². The van der Waals surface area contributed by atoms with Gasteiger partial charge in [0.1, 0.15) is 62.7 Å². The SMILES string of the molecule is CC1(C)CCCc2ncc(F)cc2[C@H]2CCCN2c2ccn3ncc(c3n2)C(=O)N1.CC1(C)CCCc2ncccc2[C@H]2CCCN2c2ccn3ncc(c3n2)C(=O)N1.C[C@@H]1CCCc2ncccc2[C@H]2CCCN2c2ccn3ncc(c3n2)C(=O)N1.C[C@H]1CCCc2ncccc2[C@H]2CCCN2c2ccn3ncc(c3n2)C(=O)N1.O=C1NCCCCc2ncccc2[C@H]2CCCN2c2ccn3ncc1c3n2. The van der Waals surface area contributed by atoms with Crippen molar-refractivity contribution in [2.75, 3.05) is 63.8 Å². The van der Waals surface area contributed by atoms with Crippen molar-refractivity contribution in [2.24, 2.45) is 0 Å². The van der Waals surface area contributed by atoms with E-state index in [0.717, 1.165) is 239 Å². The second kappa shape index (κ2) is 40.4. The van der Waals surface area contributed by atoms with Gasteiger partial charge in [0.15, 0.2) is 28.2 Å². The highest BCUT2D eigenvalue weighted by atomic mass is 19.1. The van der Waals surface area contributed by atoms with Gasteiger partial charge in [0.25, 0.3) is 29.5 Å². The highest BCUT2D eigenvalue weighted by Gasteiger charge is 2.39. The monoisotopic (exact) mass is 1910 g/mol. The lowest BCUT2D eigenvalue weighted by molar-refractivity contribution is 0.0900. The summed E-state index contributed by atoms with van der Waals surface area (Å²) in [5.74, 6) is 3.41. The number of anilines is 5. The molecule has 25 heterocycles. The molecule has 7 atom stereocenters.